The minimum absolute atomic E-state index is 0.491. The van der Waals surface area contributed by atoms with Crippen LogP contribution in [0.3, 0.4) is 0 Å². The second-order valence-corrected chi connectivity index (χ2v) is 7.46. The zero-order chi connectivity index (χ0) is 13.4. The molecular weight excluding hydrogens is 236 g/mol. The van der Waals surface area contributed by atoms with Gasteiger partial charge >= 0.3 is 0 Å². The molecule has 19 heavy (non-hydrogen) atoms. The lowest BCUT2D eigenvalue weighted by atomic mass is 9.50. The molecule has 4 fully saturated rings. The maximum atomic E-state index is 5.93. The first-order valence-corrected chi connectivity index (χ1v) is 8.18. The Hall–Kier alpha value is -0.120. The van der Waals surface area contributed by atoms with Gasteiger partial charge in [0.2, 0.25) is 0 Å². The lowest BCUT2D eigenvalue weighted by molar-refractivity contribution is -0.0610. The Labute approximate surface area is 117 Å². The van der Waals surface area contributed by atoms with Gasteiger partial charge in [-0.15, -0.1) is 0 Å². The Morgan fingerprint density at radius 1 is 1.11 bits per heavy atom. The summed E-state index contributed by atoms with van der Waals surface area (Å²) in [6.45, 7) is 3.20. The molecule has 4 saturated carbocycles. The lowest BCUT2D eigenvalue weighted by Crippen LogP contribution is -2.56. The van der Waals surface area contributed by atoms with E-state index in [9.17, 15) is 0 Å². The van der Waals surface area contributed by atoms with Crippen LogP contribution in [0.4, 0.5) is 0 Å². The Morgan fingerprint density at radius 2 is 1.68 bits per heavy atom. The summed E-state index contributed by atoms with van der Waals surface area (Å²) in [6.07, 6.45) is 8.56. The third-order valence-corrected chi connectivity index (χ3v) is 6.30. The van der Waals surface area contributed by atoms with E-state index in [-0.39, 0.29) is 0 Å². The van der Waals surface area contributed by atoms with Crippen LogP contribution in [-0.2, 0) is 4.74 Å². The second-order valence-electron chi connectivity index (χ2n) is 7.46. The van der Waals surface area contributed by atoms with Crippen molar-refractivity contribution in [1.82, 2.24) is 5.43 Å². The molecule has 0 heterocycles. The van der Waals surface area contributed by atoms with Crippen molar-refractivity contribution in [3.8, 4) is 0 Å². The molecule has 0 aliphatic heterocycles. The number of hydrogen-bond donors (Lipinski definition) is 2. The fourth-order valence-electron chi connectivity index (χ4n) is 5.69. The van der Waals surface area contributed by atoms with Gasteiger partial charge in [-0.2, -0.15) is 0 Å². The van der Waals surface area contributed by atoms with Crippen LogP contribution in [0.1, 0.15) is 45.4 Å². The number of ether oxygens (including phenoxy) is 1. The van der Waals surface area contributed by atoms with Gasteiger partial charge in [0.25, 0.3) is 0 Å². The molecule has 4 aliphatic carbocycles. The molecule has 0 aromatic heterocycles. The maximum Gasteiger partial charge on any atom is 0.0465 e. The summed E-state index contributed by atoms with van der Waals surface area (Å²) in [5.41, 5.74) is 3.18. The van der Waals surface area contributed by atoms with E-state index in [1.807, 2.05) is 0 Å². The van der Waals surface area contributed by atoms with Gasteiger partial charge in [-0.25, -0.2) is 0 Å². The molecular formula is C16H30N2O. The molecule has 4 bridgehead atoms. The van der Waals surface area contributed by atoms with Gasteiger partial charge < -0.3 is 4.74 Å². The predicted octanol–water partition coefficient (Wildman–Crippen LogP) is 2.56. The molecule has 4 aliphatic rings. The molecule has 0 spiro atoms. The summed E-state index contributed by atoms with van der Waals surface area (Å²) < 4.78 is 5.24. The quantitative estimate of drug-likeness (QED) is 0.574. The van der Waals surface area contributed by atoms with E-state index in [1.54, 1.807) is 7.11 Å². The molecule has 0 aromatic rings. The van der Waals surface area contributed by atoms with Crippen molar-refractivity contribution < 1.29 is 4.74 Å². The molecule has 3 nitrogen and oxygen atoms in total. The summed E-state index contributed by atoms with van der Waals surface area (Å²) in [5.74, 6) is 11.4. The first-order chi connectivity index (χ1) is 9.22. The van der Waals surface area contributed by atoms with Crippen LogP contribution >= 0.6 is 0 Å². The molecule has 3 heteroatoms. The van der Waals surface area contributed by atoms with E-state index in [0.717, 1.165) is 42.6 Å². The molecule has 0 saturated heterocycles. The predicted molar refractivity (Wildman–Crippen MR) is 77.3 cm³/mol. The van der Waals surface area contributed by atoms with Crippen LogP contribution in [0.15, 0.2) is 0 Å². The fraction of sp³-hybridized carbons (Fsp3) is 1.00. The average molecular weight is 266 g/mol. The number of hydrazine groups is 1. The summed E-state index contributed by atoms with van der Waals surface area (Å²) in [7, 11) is 1.79. The molecule has 4 rings (SSSR count). The van der Waals surface area contributed by atoms with Crippen molar-refractivity contribution >= 4 is 0 Å². The van der Waals surface area contributed by atoms with Crippen molar-refractivity contribution in [3.63, 3.8) is 0 Å². The standard InChI is InChI=1S/C16H30N2O/c1-10(3-4-19-2)16(18-17)15-13-6-11-5-12(8-13)9-14(15)7-11/h10-16,18H,3-9,17H2,1-2H3. The molecule has 2 atom stereocenters. The fourth-order valence-corrected chi connectivity index (χ4v) is 5.69. The van der Waals surface area contributed by atoms with Crippen LogP contribution in [0.5, 0.6) is 0 Å². The highest BCUT2D eigenvalue weighted by Crippen LogP contribution is 2.57. The van der Waals surface area contributed by atoms with E-state index in [0.29, 0.717) is 12.0 Å². The minimum Gasteiger partial charge on any atom is -0.385 e. The Kier molecular flexibility index (Phi) is 4.16. The topological polar surface area (TPSA) is 47.3 Å². The van der Waals surface area contributed by atoms with Gasteiger partial charge in [0, 0.05) is 19.8 Å². The zero-order valence-electron chi connectivity index (χ0n) is 12.5. The molecule has 0 amide bonds. The maximum absolute atomic E-state index is 5.93. The van der Waals surface area contributed by atoms with Crippen LogP contribution in [0.25, 0.3) is 0 Å². The molecule has 110 valence electrons. The zero-order valence-corrected chi connectivity index (χ0v) is 12.5. The van der Waals surface area contributed by atoms with Crippen molar-refractivity contribution in [1.29, 1.82) is 0 Å². The van der Waals surface area contributed by atoms with Crippen molar-refractivity contribution in [2.75, 3.05) is 13.7 Å². The highest BCUT2D eigenvalue weighted by atomic mass is 16.5. The van der Waals surface area contributed by atoms with E-state index in [2.05, 4.69) is 12.3 Å². The normalized spacial score (nSPS) is 43.4. The largest absolute Gasteiger partial charge is 0.385 e. The van der Waals surface area contributed by atoms with Crippen molar-refractivity contribution in [3.05, 3.63) is 0 Å². The Balaban J connectivity index is 1.69. The summed E-state index contributed by atoms with van der Waals surface area (Å²) >= 11 is 0. The van der Waals surface area contributed by atoms with Crippen LogP contribution in [-0.4, -0.2) is 19.8 Å². The lowest BCUT2D eigenvalue weighted by Gasteiger charge is -2.57. The highest BCUT2D eigenvalue weighted by Gasteiger charge is 2.50. The van der Waals surface area contributed by atoms with Crippen molar-refractivity contribution in [2.45, 2.75) is 51.5 Å². The van der Waals surface area contributed by atoms with E-state index in [1.165, 1.54) is 32.1 Å². The van der Waals surface area contributed by atoms with Gasteiger partial charge in [0.15, 0.2) is 0 Å². The average Bonchev–Trinajstić information content (AvgIpc) is 2.39. The van der Waals surface area contributed by atoms with Gasteiger partial charge in [-0.05, 0) is 74.0 Å². The third kappa shape index (κ3) is 2.57. The third-order valence-electron chi connectivity index (χ3n) is 6.30. The van der Waals surface area contributed by atoms with Gasteiger partial charge in [0.05, 0.1) is 0 Å². The van der Waals surface area contributed by atoms with Gasteiger partial charge in [0.1, 0.15) is 0 Å². The number of nitrogens with two attached hydrogens (primary N) is 1. The van der Waals surface area contributed by atoms with Crippen LogP contribution in [0, 0.1) is 35.5 Å². The van der Waals surface area contributed by atoms with Crippen LogP contribution < -0.4 is 11.3 Å². The van der Waals surface area contributed by atoms with Gasteiger partial charge in [-0.1, -0.05) is 6.92 Å². The van der Waals surface area contributed by atoms with E-state index < -0.39 is 0 Å². The van der Waals surface area contributed by atoms with Gasteiger partial charge in [-0.3, -0.25) is 11.3 Å². The monoisotopic (exact) mass is 266 g/mol. The SMILES string of the molecule is COCCC(C)C(NN)C1C2CC3CC(C2)CC1C3. The number of rotatable bonds is 6. The molecule has 0 radical (unpaired) electrons. The summed E-state index contributed by atoms with van der Waals surface area (Å²) in [4.78, 5) is 0. The Bertz CT molecular complexity index is 279. The number of nitrogens with one attached hydrogen (secondary N) is 1. The minimum atomic E-state index is 0.491. The smallest absolute Gasteiger partial charge is 0.0465 e. The van der Waals surface area contributed by atoms with Crippen LogP contribution in [0.2, 0.25) is 0 Å². The second kappa shape index (κ2) is 5.71. The van der Waals surface area contributed by atoms with E-state index in [4.69, 9.17) is 10.6 Å². The molecule has 0 aromatic carbocycles. The molecule has 2 unspecified atom stereocenters. The first kappa shape index (κ1) is 13.8. The van der Waals surface area contributed by atoms with E-state index >= 15 is 0 Å². The highest BCUT2D eigenvalue weighted by molar-refractivity contribution is 5.02. The summed E-state index contributed by atoms with van der Waals surface area (Å²) in [5, 5.41) is 0. The first-order valence-electron chi connectivity index (χ1n) is 8.18. The Morgan fingerprint density at radius 3 is 2.16 bits per heavy atom. The van der Waals surface area contributed by atoms with Crippen molar-refractivity contribution in [2.24, 2.45) is 41.4 Å². The molecule has 3 N–H and O–H groups in total. The number of methoxy groups -OCH3 is 1. The number of hydrogen-bond acceptors (Lipinski definition) is 3. The summed E-state index contributed by atoms with van der Waals surface area (Å²) in [6, 6.07) is 0.491.